The summed E-state index contributed by atoms with van der Waals surface area (Å²) >= 11 is 0. The van der Waals surface area contributed by atoms with Gasteiger partial charge < -0.3 is 5.11 Å². The van der Waals surface area contributed by atoms with Crippen molar-refractivity contribution in [2.24, 2.45) is 0 Å². The molecule has 1 aliphatic heterocycles. The summed E-state index contributed by atoms with van der Waals surface area (Å²) in [6, 6.07) is 9.07. The average molecular weight is 325 g/mol. The highest BCUT2D eigenvalue weighted by Gasteiger charge is 2.32. The number of hydrogen-bond acceptors (Lipinski definition) is 3. The van der Waals surface area contributed by atoms with Crippen LogP contribution in [0.15, 0.2) is 24.3 Å². The lowest BCUT2D eigenvalue weighted by atomic mass is 9.88. The van der Waals surface area contributed by atoms with Gasteiger partial charge in [0.15, 0.2) is 5.69 Å². The van der Waals surface area contributed by atoms with Crippen molar-refractivity contribution < 1.29 is 9.90 Å². The zero-order valence-electron chi connectivity index (χ0n) is 14.0. The number of aryl methyl sites for hydroxylation is 1. The molecule has 2 aromatic rings. The van der Waals surface area contributed by atoms with E-state index in [2.05, 4.69) is 34.3 Å². The van der Waals surface area contributed by atoms with Gasteiger partial charge in [-0.15, -0.1) is 0 Å². The van der Waals surface area contributed by atoms with Crippen molar-refractivity contribution in [1.82, 2.24) is 14.7 Å². The van der Waals surface area contributed by atoms with Crippen LogP contribution in [-0.4, -0.2) is 38.3 Å². The largest absolute Gasteiger partial charge is 0.476 e. The zero-order valence-corrected chi connectivity index (χ0v) is 14.0. The Hall–Kier alpha value is -2.14. The Morgan fingerprint density at radius 2 is 2.08 bits per heavy atom. The standard InChI is InChI=1S/C19H23N3O2/c1-2-22-17-8-7-15(11-16(17)18(20-22)19(23)24)21-10-9-13-5-3-4-6-14(13)12-21/h3-6,15H,2,7-12H2,1H3,(H,23,24). The van der Waals surface area contributed by atoms with Crippen molar-refractivity contribution >= 4 is 5.97 Å². The van der Waals surface area contributed by atoms with Crippen LogP contribution < -0.4 is 0 Å². The number of carbonyl (C=O) groups is 1. The van der Waals surface area contributed by atoms with E-state index in [4.69, 9.17) is 0 Å². The highest BCUT2D eigenvalue weighted by atomic mass is 16.4. The van der Waals surface area contributed by atoms with E-state index in [1.165, 1.54) is 11.1 Å². The predicted octanol–water partition coefficient (Wildman–Crippen LogP) is 2.52. The summed E-state index contributed by atoms with van der Waals surface area (Å²) in [5, 5.41) is 13.8. The summed E-state index contributed by atoms with van der Waals surface area (Å²) in [6.07, 6.45) is 3.89. The van der Waals surface area contributed by atoms with Crippen molar-refractivity contribution in [2.45, 2.75) is 51.7 Å². The molecule has 126 valence electrons. The lowest BCUT2D eigenvalue weighted by Crippen LogP contribution is -2.42. The van der Waals surface area contributed by atoms with Gasteiger partial charge in [0.1, 0.15) is 0 Å². The molecule has 1 N–H and O–H groups in total. The van der Waals surface area contributed by atoms with Gasteiger partial charge in [-0.2, -0.15) is 5.10 Å². The van der Waals surface area contributed by atoms with Crippen LogP contribution in [0.5, 0.6) is 0 Å². The molecule has 0 spiro atoms. The third-order valence-corrected chi connectivity index (χ3v) is 5.50. The molecule has 2 heterocycles. The number of nitrogens with zero attached hydrogens (tertiary/aromatic N) is 3. The van der Waals surface area contributed by atoms with Gasteiger partial charge in [-0.3, -0.25) is 9.58 Å². The zero-order chi connectivity index (χ0) is 16.7. The maximum Gasteiger partial charge on any atom is 0.356 e. The van der Waals surface area contributed by atoms with Gasteiger partial charge in [-0.25, -0.2) is 4.79 Å². The van der Waals surface area contributed by atoms with Crippen molar-refractivity contribution in [3.05, 3.63) is 52.3 Å². The SMILES string of the molecule is CCn1nc(C(=O)O)c2c1CCC(N1CCc3ccccc3C1)C2. The first-order chi connectivity index (χ1) is 11.7. The maximum absolute atomic E-state index is 11.6. The highest BCUT2D eigenvalue weighted by Crippen LogP contribution is 2.30. The summed E-state index contributed by atoms with van der Waals surface area (Å²) in [5.74, 6) is -0.900. The molecular weight excluding hydrogens is 302 g/mol. The molecule has 2 aliphatic rings. The minimum atomic E-state index is -0.900. The number of rotatable bonds is 3. The second-order valence-electron chi connectivity index (χ2n) is 6.78. The Kier molecular flexibility index (Phi) is 3.88. The predicted molar refractivity (Wildman–Crippen MR) is 91.2 cm³/mol. The normalized spacial score (nSPS) is 20.5. The number of aromatic carboxylic acids is 1. The monoisotopic (exact) mass is 325 g/mol. The van der Waals surface area contributed by atoms with Crippen LogP contribution in [0.4, 0.5) is 0 Å². The van der Waals surface area contributed by atoms with Gasteiger partial charge in [0.25, 0.3) is 0 Å². The fourth-order valence-corrected chi connectivity index (χ4v) is 4.24. The molecule has 1 aromatic heterocycles. The Morgan fingerprint density at radius 1 is 1.29 bits per heavy atom. The molecule has 5 heteroatoms. The summed E-state index contributed by atoms with van der Waals surface area (Å²) in [4.78, 5) is 14.1. The molecule has 1 aromatic carbocycles. The molecule has 1 aliphatic carbocycles. The van der Waals surface area contributed by atoms with Crippen LogP contribution in [0.1, 0.15) is 46.2 Å². The molecule has 0 amide bonds. The quantitative estimate of drug-likeness (QED) is 0.942. The van der Waals surface area contributed by atoms with Crippen molar-refractivity contribution in [1.29, 1.82) is 0 Å². The van der Waals surface area contributed by atoms with Crippen molar-refractivity contribution in [3.8, 4) is 0 Å². The van der Waals surface area contributed by atoms with Crippen LogP contribution in [0.25, 0.3) is 0 Å². The van der Waals surface area contributed by atoms with E-state index in [0.29, 0.717) is 6.04 Å². The highest BCUT2D eigenvalue weighted by molar-refractivity contribution is 5.87. The van der Waals surface area contributed by atoms with Gasteiger partial charge in [0.2, 0.25) is 0 Å². The van der Waals surface area contributed by atoms with Crippen LogP contribution in [0, 0.1) is 0 Å². The fourth-order valence-electron chi connectivity index (χ4n) is 4.24. The van der Waals surface area contributed by atoms with Gasteiger partial charge in [0.05, 0.1) is 0 Å². The van der Waals surface area contributed by atoms with E-state index in [1.54, 1.807) is 0 Å². The van der Waals surface area contributed by atoms with Gasteiger partial charge in [-0.1, -0.05) is 24.3 Å². The van der Waals surface area contributed by atoms with E-state index in [9.17, 15) is 9.90 Å². The first-order valence-electron chi connectivity index (χ1n) is 8.80. The van der Waals surface area contributed by atoms with Crippen LogP contribution in [-0.2, 0) is 32.4 Å². The topological polar surface area (TPSA) is 58.4 Å². The smallest absolute Gasteiger partial charge is 0.356 e. The molecule has 0 radical (unpaired) electrons. The van der Waals surface area contributed by atoms with Gasteiger partial charge in [-0.05, 0) is 43.7 Å². The second kappa shape index (κ2) is 6.06. The molecule has 5 nitrogen and oxygen atoms in total. The summed E-state index contributed by atoms with van der Waals surface area (Å²) in [5.41, 5.74) is 5.21. The minimum absolute atomic E-state index is 0.258. The van der Waals surface area contributed by atoms with Crippen LogP contribution in [0.2, 0.25) is 0 Å². The van der Waals surface area contributed by atoms with E-state index in [-0.39, 0.29) is 5.69 Å². The number of carboxylic acids is 1. The van der Waals surface area contributed by atoms with Gasteiger partial charge in [0, 0.05) is 36.9 Å². The lowest BCUT2D eigenvalue weighted by Gasteiger charge is -2.37. The van der Waals surface area contributed by atoms with Crippen molar-refractivity contribution in [3.63, 3.8) is 0 Å². The first kappa shape index (κ1) is 15.4. The Bertz CT molecular complexity index is 781. The molecule has 0 bridgehead atoms. The summed E-state index contributed by atoms with van der Waals surface area (Å²) in [7, 11) is 0. The molecule has 0 saturated heterocycles. The van der Waals surface area contributed by atoms with E-state index in [1.807, 2.05) is 11.6 Å². The molecule has 0 fully saturated rings. The summed E-state index contributed by atoms with van der Waals surface area (Å²) in [6.45, 7) is 4.78. The average Bonchev–Trinajstić information content (AvgIpc) is 2.99. The summed E-state index contributed by atoms with van der Waals surface area (Å²) < 4.78 is 1.88. The molecule has 4 rings (SSSR count). The number of carboxylic acid groups (broad SMARTS) is 1. The molecule has 24 heavy (non-hydrogen) atoms. The Labute approximate surface area is 141 Å². The van der Waals surface area contributed by atoms with Crippen molar-refractivity contribution in [2.75, 3.05) is 6.54 Å². The Balaban J connectivity index is 1.59. The number of aromatic nitrogens is 2. The number of hydrogen-bond donors (Lipinski definition) is 1. The molecular formula is C19H23N3O2. The number of benzene rings is 1. The van der Waals surface area contributed by atoms with E-state index in [0.717, 1.165) is 56.6 Å². The maximum atomic E-state index is 11.6. The van der Waals surface area contributed by atoms with Crippen LogP contribution >= 0.6 is 0 Å². The minimum Gasteiger partial charge on any atom is -0.476 e. The third-order valence-electron chi connectivity index (χ3n) is 5.50. The van der Waals surface area contributed by atoms with E-state index < -0.39 is 5.97 Å². The molecule has 0 saturated carbocycles. The Morgan fingerprint density at radius 3 is 2.83 bits per heavy atom. The fraction of sp³-hybridized carbons (Fsp3) is 0.474. The molecule has 1 atom stereocenters. The molecule has 1 unspecified atom stereocenters. The third kappa shape index (κ3) is 2.53. The van der Waals surface area contributed by atoms with Crippen LogP contribution in [0.3, 0.4) is 0 Å². The number of fused-ring (bicyclic) bond motifs is 2. The first-order valence-corrected chi connectivity index (χ1v) is 8.80. The second-order valence-corrected chi connectivity index (χ2v) is 6.78. The lowest BCUT2D eigenvalue weighted by molar-refractivity contribution is 0.0687. The van der Waals surface area contributed by atoms with E-state index >= 15 is 0 Å². The van der Waals surface area contributed by atoms with Gasteiger partial charge >= 0.3 is 5.97 Å².